The maximum Gasteiger partial charge on any atom is 0.0162 e. The summed E-state index contributed by atoms with van der Waals surface area (Å²) in [6.07, 6.45) is 5.57. The normalized spacial score (nSPS) is 11.6. The number of nitrogens with zero attached hydrogens (tertiary/aromatic N) is 1. The van der Waals surface area contributed by atoms with Crippen molar-refractivity contribution in [2.75, 3.05) is 19.6 Å². The molecule has 0 aromatic heterocycles. The SMILES string of the molecule is C/C=C/CN(CC)CCC. The van der Waals surface area contributed by atoms with Crippen LogP contribution in [0.5, 0.6) is 0 Å². The van der Waals surface area contributed by atoms with Crippen molar-refractivity contribution in [3.8, 4) is 0 Å². The van der Waals surface area contributed by atoms with Crippen molar-refractivity contribution in [1.29, 1.82) is 0 Å². The molecule has 0 aliphatic rings. The lowest BCUT2D eigenvalue weighted by atomic mass is 10.4. The first kappa shape index (κ1) is 9.70. The zero-order valence-electron chi connectivity index (χ0n) is 7.43. The topological polar surface area (TPSA) is 3.24 Å². The second kappa shape index (κ2) is 6.81. The van der Waals surface area contributed by atoms with Crippen molar-refractivity contribution < 1.29 is 0 Å². The van der Waals surface area contributed by atoms with E-state index in [9.17, 15) is 0 Å². The minimum absolute atomic E-state index is 1.11. The van der Waals surface area contributed by atoms with Crippen LogP contribution in [-0.2, 0) is 0 Å². The molecule has 0 fully saturated rings. The van der Waals surface area contributed by atoms with E-state index in [0.29, 0.717) is 0 Å². The third kappa shape index (κ3) is 4.57. The van der Waals surface area contributed by atoms with Crippen molar-refractivity contribution in [2.45, 2.75) is 27.2 Å². The minimum Gasteiger partial charge on any atom is -0.300 e. The number of rotatable bonds is 5. The standard InChI is InChI=1S/C9H19N/c1-4-7-9-10(6-3)8-5-2/h4,7H,5-6,8-9H2,1-3H3/b7-4+. The van der Waals surface area contributed by atoms with E-state index >= 15 is 0 Å². The first-order valence-corrected chi connectivity index (χ1v) is 4.18. The molecule has 60 valence electrons. The summed E-state index contributed by atoms with van der Waals surface area (Å²) in [6.45, 7) is 10.00. The molecule has 0 aromatic rings. The first-order chi connectivity index (χ1) is 4.85. The van der Waals surface area contributed by atoms with E-state index in [4.69, 9.17) is 0 Å². The van der Waals surface area contributed by atoms with Crippen LogP contribution >= 0.6 is 0 Å². The Morgan fingerprint density at radius 3 is 2.40 bits per heavy atom. The molecule has 0 N–H and O–H groups in total. The van der Waals surface area contributed by atoms with Crippen LogP contribution in [0.15, 0.2) is 12.2 Å². The molecule has 0 aliphatic carbocycles. The predicted octanol–water partition coefficient (Wildman–Crippen LogP) is 2.29. The van der Waals surface area contributed by atoms with Crippen LogP contribution in [-0.4, -0.2) is 24.5 Å². The van der Waals surface area contributed by atoms with E-state index in [1.165, 1.54) is 13.0 Å². The molecule has 0 aliphatic heterocycles. The summed E-state index contributed by atoms with van der Waals surface area (Å²) in [7, 11) is 0. The van der Waals surface area contributed by atoms with Crippen LogP contribution in [0.2, 0.25) is 0 Å². The lowest BCUT2D eigenvalue weighted by Crippen LogP contribution is -2.23. The Balaban J connectivity index is 3.39. The third-order valence-corrected chi connectivity index (χ3v) is 1.59. The summed E-state index contributed by atoms with van der Waals surface area (Å²) in [6, 6.07) is 0. The van der Waals surface area contributed by atoms with Crippen LogP contribution in [0, 0.1) is 0 Å². The monoisotopic (exact) mass is 141 g/mol. The number of likely N-dealkylation sites (N-methyl/N-ethyl adjacent to an activating group) is 1. The summed E-state index contributed by atoms with van der Waals surface area (Å²) in [4.78, 5) is 2.43. The quantitative estimate of drug-likeness (QED) is 0.531. The second-order valence-electron chi connectivity index (χ2n) is 2.46. The highest BCUT2D eigenvalue weighted by atomic mass is 15.1. The van der Waals surface area contributed by atoms with E-state index in [1.54, 1.807) is 0 Å². The summed E-state index contributed by atoms with van der Waals surface area (Å²) in [5.41, 5.74) is 0. The zero-order valence-corrected chi connectivity index (χ0v) is 7.43. The molecule has 1 heteroatoms. The fraction of sp³-hybridized carbons (Fsp3) is 0.778. The van der Waals surface area contributed by atoms with Crippen molar-refractivity contribution in [3.63, 3.8) is 0 Å². The maximum absolute atomic E-state index is 2.43. The van der Waals surface area contributed by atoms with Gasteiger partial charge in [0.05, 0.1) is 0 Å². The van der Waals surface area contributed by atoms with Gasteiger partial charge in [-0.1, -0.05) is 26.0 Å². The van der Waals surface area contributed by atoms with Crippen LogP contribution in [0.25, 0.3) is 0 Å². The molecule has 0 radical (unpaired) electrons. The van der Waals surface area contributed by atoms with Gasteiger partial charge in [-0.15, -0.1) is 0 Å². The molecule has 0 spiro atoms. The molecule has 0 heterocycles. The van der Waals surface area contributed by atoms with Gasteiger partial charge in [-0.3, -0.25) is 4.90 Å². The Morgan fingerprint density at radius 2 is 2.00 bits per heavy atom. The van der Waals surface area contributed by atoms with Crippen LogP contribution < -0.4 is 0 Å². The third-order valence-electron chi connectivity index (χ3n) is 1.59. The average molecular weight is 141 g/mol. The molecular weight excluding hydrogens is 122 g/mol. The van der Waals surface area contributed by atoms with Gasteiger partial charge in [-0.25, -0.2) is 0 Å². The van der Waals surface area contributed by atoms with Gasteiger partial charge in [0.25, 0.3) is 0 Å². The molecule has 0 aromatic carbocycles. The fourth-order valence-corrected chi connectivity index (χ4v) is 0.949. The van der Waals surface area contributed by atoms with E-state index in [2.05, 4.69) is 37.8 Å². The van der Waals surface area contributed by atoms with Gasteiger partial charge >= 0.3 is 0 Å². The molecule has 10 heavy (non-hydrogen) atoms. The Morgan fingerprint density at radius 1 is 1.30 bits per heavy atom. The number of allylic oxidation sites excluding steroid dienone is 1. The van der Waals surface area contributed by atoms with Crippen molar-refractivity contribution in [2.24, 2.45) is 0 Å². The smallest absolute Gasteiger partial charge is 0.0162 e. The average Bonchev–Trinajstić information content (AvgIpc) is 1.98. The molecule has 0 rings (SSSR count). The second-order valence-corrected chi connectivity index (χ2v) is 2.46. The van der Waals surface area contributed by atoms with Crippen molar-refractivity contribution in [1.82, 2.24) is 4.90 Å². The minimum atomic E-state index is 1.11. The van der Waals surface area contributed by atoms with Crippen LogP contribution in [0.1, 0.15) is 27.2 Å². The van der Waals surface area contributed by atoms with E-state index in [0.717, 1.165) is 13.1 Å². The Hall–Kier alpha value is -0.300. The molecule has 0 bridgehead atoms. The van der Waals surface area contributed by atoms with Crippen molar-refractivity contribution in [3.05, 3.63) is 12.2 Å². The number of hydrogen-bond acceptors (Lipinski definition) is 1. The van der Waals surface area contributed by atoms with E-state index in [-0.39, 0.29) is 0 Å². The fourth-order valence-electron chi connectivity index (χ4n) is 0.949. The highest BCUT2D eigenvalue weighted by Gasteiger charge is 1.94. The van der Waals surface area contributed by atoms with Gasteiger partial charge in [0, 0.05) is 6.54 Å². The molecule has 0 saturated heterocycles. The highest BCUT2D eigenvalue weighted by molar-refractivity contribution is 4.80. The highest BCUT2D eigenvalue weighted by Crippen LogP contribution is 1.90. The van der Waals surface area contributed by atoms with Crippen LogP contribution in [0.3, 0.4) is 0 Å². The molecular formula is C9H19N. The predicted molar refractivity (Wildman–Crippen MR) is 47.2 cm³/mol. The van der Waals surface area contributed by atoms with E-state index < -0.39 is 0 Å². The summed E-state index contributed by atoms with van der Waals surface area (Å²) >= 11 is 0. The largest absolute Gasteiger partial charge is 0.300 e. The first-order valence-electron chi connectivity index (χ1n) is 4.18. The van der Waals surface area contributed by atoms with Crippen LogP contribution in [0.4, 0.5) is 0 Å². The van der Waals surface area contributed by atoms with Crippen molar-refractivity contribution >= 4 is 0 Å². The lowest BCUT2D eigenvalue weighted by molar-refractivity contribution is 0.319. The van der Waals surface area contributed by atoms with E-state index in [1.807, 2.05) is 0 Å². The van der Waals surface area contributed by atoms with Gasteiger partial charge in [0.2, 0.25) is 0 Å². The summed E-state index contributed by atoms with van der Waals surface area (Å²) in [5.74, 6) is 0. The molecule has 0 atom stereocenters. The Kier molecular flexibility index (Phi) is 6.61. The van der Waals surface area contributed by atoms with Gasteiger partial charge in [-0.2, -0.15) is 0 Å². The zero-order chi connectivity index (χ0) is 7.82. The lowest BCUT2D eigenvalue weighted by Gasteiger charge is -2.16. The molecule has 0 unspecified atom stereocenters. The van der Waals surface area contributed by atoms with Gasteiger partial charge < -0.3 is 0 Å². The molecule has 1 nitrogen and oxygen atoms in total. The van der Waals surface area contributed by atoms with Gasteiger partial charge in [0.1, 0.15) is 0 Å². The Bertz CT molecular complexity index is 86.7. The molecule has 0 amide bonds. The summed E-state index contributed by atoms with van der Waals surface area (Å²) < 4.78 is 0. The maximum atomic E-state index is 2.43. The summed E-state index contributed by atoms with van der Waals surface area (Å²) in [5, 5.41) is 0. The Labute approximate surface area is 64.7 Å². The molecule has 0 saturated carbocycles. The number of hydrogen-bond donors (Lipinski definition) is 0. The van der Waals surface area contributed by atoms with Gasteiger partial charge in [0.15, 0.2) is 0 Å². The van der Waals surface area contributed by atoms with Gasteiger partial charge in [-0.05, 0) is 26.4 Å².